The summed E-state index contributed by atoms with van der Waals surface area (Å²) in [6.45, 7) is 8.61. The highest BCUT2D eigenvalue weighted by molar-refractivity contribution is 9.10. The van der Waals surface area contributed by atoms with Crippen molar-refractivity contribution < 1.29 is 0 Å². The van der Waals surface area contributed by atoms with Crippen molar-refractivity contribution in [3.63, 3.8) is 0 Å². The van der Waals surface area contributed by atoms with Gasteiger partial charge in [0.05, 0.1) is 22.4 Å². The number of hydrogen-bond donors (Lipinski definition) is 1. The standard InChI is InChI=1S/C13H25BrN4/c1-7-13(4,17(5)6)12(15)11-10(14)8-16-18(11)9(2)3/h8-9,12H,7,15H2,1-6H3. The Balaban J connectivity index is 3.25. The topological polar surface area (TPSA) is 47.1 Å². The van der Waals surface area contributed by atoms with Gasteiger partial charge in [0, 0.05) is 11.6 Å². The molecule has 5 heteroatoms. The molecule has 0 saturated heterocycles. The summed E-state index contributed by atoms with van der Waals surface area (Å²) in [6.07, 6.45) is 2.82. The monoisotopic (exact) mass is 316 g/mol. The molecule has 0 fully saturated rings. The summed E-state index contributed by atoms with van der Waals surface area (Å²) in [5.74, 6) is 0. The molecule has 2 N–H and O–H groups in total. The fourth-order valence-corrected chi connectivity index (χ4v) is 2.68. The number of aromatic nitrogens is 2. The summed E-state index contributed by atoms with van der Waals surface area (Å²) >= 11 is 3.57. The van der Waals surface area contributed by atoms with Gasteiger partial charge in [-0.05, 0) is 57.2 Å². The van der Waals surface area contributed by atoms with Crippen molar-refractivity contribution in [2.75, 3.05) is 14.1 Å². The van der Waals surface area contributed by atoms with Crippen LogP contribution in [-0.2, 0) is 0 Å². The number of likely N-dealkylation sites (N-methyl/N-ethyl adjacent to an activating group) is 1. The van der Waals surface area contributed by atoms with Gasteiger partial charge in [0.1, 0.15) is 0 Å². The van der Waals surface area contributed by atoms with Gasteiger partial charge in [-0.3, -0.25) is 4.68 Å². The minimum Gasteiger partial charge on any atom is -0.321 e. The Hall–Kier alpha value is -0.390. The maximum atomic E-state index is 6.54. The number of nitrogens with two attached hydrogens (primary N) is 1. The summed E-state index contributed by atoms with van der Waals surface area (Å²) in [6, 6.07) is 0.220. The van der Waals surface area contributed by atoms with E-state index in [-0.39, 0.29) is 11.6 Å². The van der Waals surface area contributed by atoms with Crippen LogP contribution >= 0.6 is 15.9 Å². The van der Waals surface area contributed by atoms with Crippen LogP contribution in [0.1, 0.15) is 51.9 Å². The molecule has 2 unspecified atom stereocenters. The van der Waals surface area contributed by atoms with E-state index in [1.807, 2.05) is 10.9 Å². The number of hydrogen-bond acceptors (Lipinski definition) is 3. The van der Waals surface area contributed by atoms with Crippen molar-refractivity contribution in [1.29, 1.82) is 0 Å². The Labute approximate surface area is 119 Å². The van der Waals surface area contributed by atoms with Crippen LogP contribution in [0.5, 0.6) is 0 Å². The molecule has 0 amide bonds. The zero-order valence-electron chi connectivity index (χ0n) is 12.2. The van der Waals surface area contributed by atoms with Gasteiger partial charge in [0.2, 0.25) is 0 Å². The molecule has 0 bridgehead atoms. The largest absolute Gasteiger partial charge is 0.321 e. The van der Waals surface area contributed by atoms with E-state index in [1.165, 1.54) is 0 Å². The smallest absolute Gasteiger partial charge is 0.0715 e. The van der Waals surface area contributed by atoms with Crippen molar-refractivity contribution in [3.8, 4) is 0 Å². The van der Waals surface area contributed by atoms with Crippen molar-refractivity contribution in [2.24, 2.45) is 5.73 Å². The zero-order valence-corrected chi connectivity index (χ0v) is 13.8. The summed E-state index contributed by atoms with van der Waals surface area (Å²) < 4.78 is 3.00. The fraction of sp³-hybridized carbons (Fsp3) is 0.769. The van der Waals surface area contributed by atoms with Gasteiger partial charge >= 0.3 is 0 Å². The quantitative estimate of drug-likeness (QED) is 0.908. The van der Waals surface area contributed by atoms with Gasteiger partial charge in [-0.15, -0.1) is 0 Å². The predicted molar refractivity (Wildman–Crippen MR) is 79.6 cm³/mol. The van der Waals surface area contributed by atoms with Crippen LogP contribution in [-0.4, -0.2) is 34.3 Å². The molecule has 0 saturated carbocycles. The van der Waals surface area contributed by atoms with E-state index in [9.17, 15) is 0 Å². The second-order valence-corrected chi connectivity index (χ2v) is 6.35. The molecule has 104 valence electrons. The van der Waals surface area contributed by atoms with Crippen LogP contribution < -0.4 is 5.73 Å². The lowest BCUT2D eigenvalue weighted by molar-refractivity contribution is 0.126. The Morgan fingerprint density at radius 1 is 1.50 bits per heavy atom. The third-order valence-electron chi connectivity index (χ3n) is 3.98. The molecule has 1 rings (SSSR count). The third-order valence-corrected chi connectivity index (χ3v) is 4.59. The minimum atomic E-state index is -0.0881. The fourth-order valence-electron chi connectivity index (χ4n) is 2.16. The summed E-state index contributed by atoms with van der Waals surface area (Å²) in [5.41, 5.74) is 7.52. The lowest BCUT2D eigenvalue weighted by atomic mass is 9.86. The normalized spacial score (nSPS) is 17.2. The van der Waals surface area contributed by atoms with Crippen molar-refractivity contribution >= 4 is 15.9 Å². The average molecular weight is 317 g/mol. The van der Waals surface area contributed by atoms with Gasteiger partial charge in [0.15, 0.2) is 0 Å². The van der Waals surface area contributed by atoms with Gasteiger partial charge in [-0.2, -0.15) is 5.10 Å². The van der Waals surface area contributed by atoms with Crippen LogP contribution in [0.4, 0.5) is 0 Å². The first-order chi connectivity index (χ1) is 8.25. The molecule has 1 aromatic heterocycles. The Morgan fingerprint density at radius 2 is 2.06 bits per heavy atom. The molecule has 0 aromatic carbocycles. The van der Waals surface area contributed by atoms with Crippen LogP contribution in [0.2, 0.25) is 0 Å². The highest BCUT2D eigenvalue weighted by atomic mass is 79.9. The van der Waals surface area contributed by atoms with Gasteiger partial charge in [-0.25, -0.2) is 0 Å². The molecule has 4 nitrogen and oxygen atoms in total. The Morgan fingerprint density at radius 3 is 2.44 bits per heavy atom. The average Bonchev–Trinajstić information content (AvgIpc) is 2.68. The second-order valence-electron chi connectivity index (χ2n) is 5.50. The van der Waals surface area contributed by atoms with Crippen LogP contribution in [0.15, 0.2) is 10.7 Å². The van der Waals surface area contributed by atoms with Crippen LogP contribution in [0.3, 0.4) is 0 Å². The van der Waals surface area contributed by atoms with Crippen molar-refractivity contribution in [1.82, 2.24) is 14.7 Å². The highest BCUT2D eigenvalue weighted by Gasteiger charge is 2.36. The molecule has 0 spiro atoms. The summed E-state index contributed by atoms with van der Waals surface area (Å²) in [4.78, 5) is 2.20. The molecule has 1 heterocycles. The number of rotatable bonds is 5. The molecular formula is C13H25BrN4. The van der Waals surface area contributed by atoms with E-state index in [1.54, 1.807) is 0 Å². The Kier molecular flexibility index (Phi) is 4.98. The lowest BCUT2D eigenvalue weighted by Gasteiger charge is -2.41. The van der Waals surface area contributed by atoms with Crippen LogP contribution in [0, 0.1) is 0 Å². The molecule has 1 aromatic rings. The van der Waals surface area contributed by atoms with Crippen molar-refractivity contribution in [2.45, 2.75) is 51.7 Å². The lowest BCUT2D eigenvalue weighted by Crippen LogP contribution is -2.50. The van der Waals surface area contributed by atoms with E-state index >= 15 is 0 Å². The second kappa shape index (κ2) is 5.72. The van der Waals surface area contributed by atoms with E-state index in [2.05, 4.69) is 67.7 Å². The Bertz CT molecular complexity index is 400. The molecule has 2 atom stereocenters. The molecule has 0 radical (unpaired) electrons. The van der Waals surface area contributed by atoms with Crippen LogP contribution in [0.25, 0.3) is 0 Å². The molecule has 0 aliphatic carbocycles. The number of halogens is 1. The zero-order chi connectivity index (χ0) is 14.1. The van der Waals surface area contributed by atoms with E-state index in [4.69, 9.17) is 5.73 Å². The van der Waals surface area contributed by atoms with Gasteiger partial charge < -0.3 is 10.6 Å². The minimum absolute atomic E-state index is 0.0863. The van der Waals surface area contributed by atoms with Gasteiger partial charge in [0.25, 0.3) is 0 Å². The summed E-state index contributed by atoms with van der Waals surface area (Å²) in [5, 5.41) is 4.41. The molecule has 0 aliphatic heterocycles. The van der Waals surface area contributed by atoms with Gasteiger partial charge in [-0.1, -0.05) is 6.92 Å². The maximum absolute atomic E-state index is 6.54. The van der Waals surface area contributed by atoms with E-state index in [0.29, 0.717) is 6.04 Å². The summed E-state index contributed by atoms with van der Waals surface area (Å²) in [7, 11) is 4.15. The first-order valence-electron chi connectivity index (χ1n) is 6.41. The van der Waals surface area contributed by atoms with E-state index < -0.39 is 0 Å². The highest BCUT2D eigenvalue weighted by Crippen LogP contribution is 2.35. The molecule has 18 heavy (non-hydrogen) atoms. The van der Waals surface area contributed by atoms with E-state index in [0.717, 1.165) is 16.6 Å². The van der Waals surface area contributed by atoms with Crippen molar-refractivity contribution in [3.05, 3.63) is 16.4 Å². The SMILES string of the molecule is CCC(C)(C(N)c1c(Br)cnn1C(C)C)N(C)C. The number of nitrogens with zero attached hydrogens (tertiary/aromatic N) is 3. The first kappa shape index (κ1) is 15.7. The maximum Gasteiger partial charge on any atom is 0.0715 e. The molecule has 0 aliphatic rings. The third kappa shape index (κ3) is 2.63. The predicted octanol–water partition coefficient (Wildman–Crippen LogP) is 2.96. The first-order valence-corrected chi connectivity index (χ1v) is 7.20. The molecular weight excluding hydrogens is 292 g/mol.